The number of carbonyl (C=O) groups excluding carboxylic acids is 1. The predicted molar refractivity (Wildman–Crippen MR) is 159 cm³/mol. The molecule has 2 aliphatic rings. The molecule has 0 amide bonds. The van der Waals surface area contributed by atoms with E-state index in [2.05, 4.69) is 0 Å². The van der Waals surface area contributed by atoms with E-state index in [-0.39, 0.29) is 35.8 Å². The molecular weight excluding hydrogens is 559 g/mol. The van der Waals surface area contributed by atoms with E-state index >= 15 is 4.39 Å². The van der Waals surface area contributed by atoms with Gasteiger partial charge in [0.2, 0.25) is 0 Å². The van der Waals surface area contributed by atoms with E-state index in [1.807, 2.05) is 57.2 Å². The highest BCUT2D eigenvalue weighted by atomic mass is 32.2. The third-order valence-corrected chi connectivity index (χ3v) is 9.14. The zero-order valence-corrected chi connectivity index (χ0v) is 25.5. The van der Waals surface area contributed by atoms with Gasteiger partial charge >= 0.3 is 5.97 Å². The topological polar surface area (TPSA) is 88.1 Å². The molecule has 5 rings (SSSR count). The van der Waals surface area contributed by atoms with Crippen LogP contribution in [0.15, 0.2) is 42.5 Å². The van der Waals surface area contributed by atoms with E-state index in [0.29, 0.717) is 48.9 Å². The zero-order valence-electron chi connectivity index (χ0n) is 24.7. The summed E-state index contributed by atoms with van der Waals surface area (Å²) in [6, 6.07) is 12.8. The molecule has 0 aromatic heterocycles. The van der Waals surface area contributed by atoms with Crippen LogP contribution in [0.5, 0.6) is 17.2 Å². The average molecular weight is 597 g/mol. The van der Waals surface area contributed by atoms with Crippen molar-refractivity contribution in [1.29, 1.82) is 0 Å². The fourth-order valence-electron chi connectivity index (χ4n) is 6.21. The Morgan fingerprint density at radius 3 is 2.52 bits per heavy atom. The number of methoxy groups -OCH3 is 1. The Hall–Kier alpha value is -3.59. The number of hydrogen-bond acceptors (Lipinski definition) is 7. The van der Waals surface area contributed by atoms with Crippen LogP contribution in [0.25, 0.3) is 11.1 Å². The lowest BCUT2D eigenvalue weighted by molar-refractivity contribution is -0.141. The molecular formula is C33H37FO7S. The summed E-state index contributed by atoms with van der Waals surface area (Å²) in [5.74, 6) is 1.26. The number of fused-ring (bicyclic) bond motifs is 2. The molecule has 7 nitrogen and oxygen atoms in total. The van der Waals surface area contributed by atoms with E-state index in [9.17, 15) is 13.2 Å². The third-order valence-electron chi connectivity index (χ3n) is 7.96. The summed E-state index contributed by atoms with van der Waals surface area (Å²) in [6.45, 7) is 6.57. The molecule has 9 heteroatoms. The lowest BCUT2D eigenvalue weighted by Crippen LogP contribution is -2.18. The molecule has 0 spiro atoms. The monoisotopic (exact) mass is 596 g/mol. The lowest BCUT2D eigenvalue weighted by atomic mass is 9.90. The number of rotatable bonds is 10. The number of halogens is 1. The molecule has 0 unspecified atom stereocenters. The van der Waals surface area contributed by atoms with Gasteiger partial charge in [-0.05, 0) is 78.8 Å². The Morgan fingerprint density at radius 2 is 1.83 bits per heavy atom. The molecule has 0 saturated carbocycles. The standard InChI is InChI=1S/C33H37FO7S/c1-19(18-42(5,36)37)16-39-24-12-20(2)32(21(3)13-24)26-8-10-28(34)33-27(26)9-11-29(33)41-23-6-7-25-22(14-31(35)38-4)17-40-30(25)15-23/h6-8,10,12-13,15,19,22,29H,9,11,14,16-18H2,1-5H3/t19-,22-,29-/m1/s1. The Morgan fingerprint density at radius 1 is 1.10 bits per heavy atom. The quantitative estimate of drug-likeness (QED) is 0.255. The van der Waals surface area contributed by atoms with E-state index in [0.717, 1.165) is 33.4 Å². The van der Waals surface area contributed by atoms with E-state index in [4.69, 9.17) is 18.9 Å². The van der Waals surface area contributed by atoms with Gasteiger partial charge in [0.25, 0.3) is 0 Å². The highest BCUT2D eigenvalue weighted by Crippen LogP contribution is 2.45. The lowest BCUT2D eigenvalue weighted by Gasteiger charge is -2.19. The fraction of sp³-hybridized carbons (Fsp3) is 0.424. The van der Waals surface area contributed by atoms with Crippen LogP contribution in [0.2, 0.25) is 0 Å². The number of benzene rings is 3. The van der Waals surface area contributed by atoms with Crippen molar-refractivity contribution in [2.45, 2.75) is 52.1 Å². The first-order chi connectivity index (χ1) is 19.9. The summed E-state index contributed by atoms with van der Waals surface area (Å²) in [4.78, 5) is 11.7. The van der Waals surface area contributed by atoms with Crippen molar-refractivity contribution < 1.29 is 36.6 Å². The maximum atomic E-state index is 15.3. The van der Waals surface area contributed by atoms with Crippen molar-refractivity contribution in [3.05, 3.63) is 76.1 Å². The average Bonchev–Trinajstić information content (AvgIpc) is 3.52. The molecule has 1 aliphatic heterocycles. The summed E-state index contributed by atoms with van der Waals surface area (Å²) < 4.78 is 61.4. The Bertz CT molecular complexity index is 1590. The molecule has 3 aromatic carbocycles. The van der Waals surface area contributed by atoms with Gasteiger partial charge in [-0.2, -0.15) is 0 Å². The van der Waals surface area contributed by atoms with E-state index in [1.165, 1.54) is 19.4 Å². The summed E-state index contributed by atoms with van der Waals surface area (Å²) in [6.07, 6.45) is 2.36. The minimum Gasteiger partial charge on any atom is -0.493 e. The second-order valence-electron chi connectivity index (χ2n) is 11.6. The number of carbonyl (C=O) groups is 1. The second-order valence-corrected chi connectivity index (χ2v) is 13.7. The minimum absolute atomic E-state index is 0.0622. The van der Waals surface area contributed by atoms with Crippen molar-refractivity contribution in [2.24, 2.45) is 5.92 Å². The normalized spacial score (nSPS) is 18.1. The van der Waals surface area contributed by atoms with Crippen molar-refractivity contribution in [3.63, 3.8) is 0 Å². The largest absolute Gasteiger partial charge is 0.493 e. The maximum absolute atomic E-state index is 15.3. The van der Waals surface area contributed by atoms with Crippen LogP contribution < -0.4 is 14.2 Å². The zero-order chi connectivity index (χ0) is 30.2. The van der Waals surface area contributed by atoms with Gasteiger partial charge in [0.05, 0.1) is 32.5 Å². The van der Waals surface area contributed by atoms with Crippen molar-refractivity contribution in [2.75, 3.05) is 32.3 Å². The molecule has 3 atom stereocenters. The van der Waals surface area contributed by atoms with Crippen LogP contribution in [0, 0.1) is 25.6 Å². The summed E-state index contributed by atoms with van der Waals surface area (Å²) in [7, 11) is -1.70. The highest BCUT2D eigenvalue weighted by Gasteiger charge is 2.32. The van der Waals surface area contributed by atoms with Crippen LogP contribution in [0.1, 0.15) is 59.6 Å². The first-order valence-corrected chi connectivity index (χ1v) is 16.2. The Labute approximate surface area is 246 Å². The molecule has 0 bridgehead atoms. The van der Waals surface area contributed by atoms with Crippen LogP contribution in [0.3, 0.4) is 0 Å². The number of sulfone groups is 1. The summed E-state index contributed by atoms with van der Waals surface area (Å²) in [5.41, 5.74) is 6.46. The molecule has 0 radical (unpaired) electrons. The van der Waals surface area contributed by atoms with Crippen molar-refractivity contribution in [3.8, 4) is 28.4 Å². The second kappa shape index (κ2) is 12.0. The number of esters is 1. The maximum Gasteiger partial charge on any atom is 0.306 e. The summed E-state index contributed by atoms with van der Waals surface area (Å²) >= 11 is 0. The van der Waals surface area contributed by atoms with Gasteiger partial charge < -0.3 is 18.9 Å². The van der Waals surface area contributed by atoms with Crippen molar-refractivity contribution >= 4 is 15.8 Å². The third kappa shape index (κ3) is 6.41. The van der Waals surface area contributed by atoms with Gasteiger partial charge in [-0.1, -0.05) is 19.1 Å². The first-order valence-electron chi connectivity index (χ1n) is 14.2. The number of ether oxygens (including phenoxy) is 4. The first kappa shape index (κ1) is 29.9. The minimum atomic E-state index is -3.07. The Balaban J connectivity index is 1.36. The Kier molecular flexibility index (Phi) is 8.51. The number of hydrogen-bond donors (Lipinski definition) is 0. The molecule has 1 heterocycles. The molecule has 0 fully saturated rings. The van der Waals surface area contributed by atoms with Gasteiger partial charge in [-0.25, -0.2) is 12.8 Å². The molecule has 0 N–H and O–H groups in total. The van der Waals surface area contributed by atoms with Gasteiger partial charge in [0.1, 0.15) is 39.0 Å². The summed E-state index contributed by atoms with van der Waals surface area (Å²) in [5, 5.41) is 0. The van der Waals surface area contributed by atoms with Gasteiger partial charge in [0, 0.05) is 35.3 Å². The SMILES string of the molecule is COC(=O)C[C@@H]1COc2cc(O[C@@H]3CCc4c(-c5c(C)cc(OC[C@@H](C)CS(C)(=O)=O)cc5C)ccc(F)c43)ccc21. The molecule has 3 aromatic rings. The van der Waals surface area contributed by atoms with Crippen LogP contribution in [0.4, 0.5) is 4.39 Å². The van der Waals surface area contributed by atoms with Crippen LogP contribution in [-0.4, -0.2) is 46.7 Å². The highest BCUT2D eigenvalue weighted by molar-refractivity contribution is 7.90. The molecule has 0 saturated heterocycles. The van der Waals surface area contributed by atoms with Gasteiger partial charge in [0.15, 0.2) is 0 Å². The number of aryl methyl sites for hydroxylation is 2. The van der Waals surface area contributed by atoms with Crippen molar-refractivity contribution in [1.82, 2.24) is 0 Å². The van der Waals surface area contributed by atoms with Crippen LogP contribution >= 0.6 is 0 Å². The molecule has 224 valence electrons. The molecule has 42 heavy (non-hydrogen) atoms. The van der Waals surface area contributed by atoms with Gasteiger partial charge in [-0.15, -0.1) is 0 Å². The van der Waals surface area contributed by atoms with Crippen LogP contribution in [-0.2, 0) is 25.8 Å². The predicted octanol–water partition coefficient (Wildman–Crippen LogP) is 6.27. The fourth-order valence-corrected chi connectivity index (χ4v) is 7.34. The van der Waals surface area contributed by atoms with E-state index in [1.54, 1.807) is 0 Å². The molecule has 1 aliphatic carbocycles. The van der Waals surface area contributed by atoms with Gasteiger partial charge in [-0.3, -0.25) is 4.79 Å². The smallest absolute Gasteiger partial charge is 0.306 e. The van der Waals surface area contributed by atoms with E-state index < -0.39 is 15.9 Å².